The van der Waals surface area contributed by atoms with Crippen LogP contribution in [0.3, 0.4) is 0 Å². The molecule has 0 aromatic heterocycles. The maximum absolute atomic E-state index is 6.07. The van der Waals surface area contributed by atoms with Gasteiger partial charge in [0.25, 0.3) is 0 Å². The number of halogens is 1. The lowest BCUT2D eigenvalue weighted by atomic mass is 9.84. The van der Waals surface area contributed by atoms with E-state index >= 15 is 0 Å². The Labute approximate surface area is 114 Å². The number of piperidine rings is 1. The van der Waals surface area contributed by atoms with Crippen LogP contribution in [0, 0.1) is 11.8 Å². The number of nitrogens with one attached hydrogen (secondary N) is 1. The van der Waals surface area contributed by atoms with Gasteiger partial charge in [-0.05, 0) is 62.4 Å². The van der Waals surface area contributed by atoms with Gasteiger partial charge in [-0.2, -0.15) is 0 Å². The highest BCUT2D eigenvalue weighted by molar-refractivity contribution is 6.30. The summed E-state index contributed by atoms with van der Waals surface area (Å²) >= 11 is 6.07. The monoisotopic (exact) mass is 264 g/mol. The number of rotatable bonds is 2. The Morgan fingerprint density at radius 3 is 2.72 bits per heavy atom. The second-order valence-electron chi connectivity index (χ2n) is 5.56. The van der Waals surface area contributed by atoms with Gasteiger partial charge in [0.1, 0.15) is 0 Å². The predicted molar refractivity (Wildman–Crippen MR) is 77.4 cm³/mol. The second kappa shape index (κ2) is 5.50. The third-order valence-corrected chi connectivity index (χ3v) is 4.68. The predicted octanol–water partition coefficient (Wildman–Crippen LogP) is 3.17. The van der Waals surface area contributed by atoms with E-state index < -0.39 is 0 Å². The summed E-state index contributed by atoms with van der Waals surface area (Å²) in [6.45, 7) is 4.82. The van der Waals surface area contributed by atoms with Crippen LogP contribution in [0.15, 0.2) is 24.3 Å². The molecule has 3 heteroatoms. The van der Waals surface area contributed by atoms with Crippen molar-refractivity contribution < 1.29 is 0 Å². The summed E-state index contributed by atoms with van der Waals surface area (Å²) in [5, 5.41) is 4.30. The average molecular weight is 265 g/mol. The molecule has 0 amide bonds. The summed E-state index contributed by atoms with van der Waals surface area (Å²) < 4.78 is 0. The maximum atomic E-state index is 6.07. The minimum absolute atomic E-state index is 0.845. The summed E-state index contributed by atoms with van der Waals surface area (Å²) in [6, 6.07) is 8.27. The molecule has 2 heterocycles. The number of benzene rings is 1. The Bertz CT molecular complexity index is 401. The van der Waals surface area contributed by atoms with Gasteiger partial charge in [-0.15, -0.1) is 0 Å². The molecule has 1 aromatic carbocycles. The van der Waals surface area contributed by atoms with Crippen molar-refractivity contribution in [3.8, 4) is 0 Å². The molecule has 0 bridgehead atoms. The summed E-state index contributed by atoms with van der Waals surface area (Å²) in [6.07, 6.45) is 4.05. The zero-order valence-electron chi connectivity index (χ0n) is 10.7. The minimum Gasteiger partial charge on any atom is -0.371 e. The number of hydrogen-bond acceptors (Lipinski definition) is 2. The second-order valence-corrected chi connectivity index (χ2v) is 6.00. The molecule has 0 saturated carbocycles. The van der Waals surface area contributed by atoms with Gasteiger partial charge in [-0.1, -0.05) is 17.7 Å². The zero-order valence-corrected chi connectivity index (χ0v) is 11.5. The summed E-state index contributed by atoms with van der Waals surface area (Å²) in [7, 11) is 0. The fourth-order valence-electron chi connectivity index (χ4n) is 3.40. The molecule has 18 heavy (non-hydrogen) atoms. The van der Waals surface area contributed by atoms with Crippen LogP contribution in [0.1, 0.15) is 19.3 Å². The molecule has 1 N–H and O–H groups in total. The van der Waals surface area contributed by atoms with Crippen molar-refractivity contribution in [2.24, 2.45) is 11.8 Å². The minimum atomic E-state index is 0.845. The Morgan fingerprint density at radius 2 is 1.94 bits per heavy atom. The summed E-state index contributed by atoms with van der Waals surface area (Å²) in [5.41, 5.74) is 1.29. The first-order chi connectivity index (χ1) is 8.83. The molecular weight excluding hydrogens is 244 g/mol. The van der Waals surface area contributed by atoms with E-state index in [0.717, 1.165) is 16.9 Å². The molecule has 2 nitrogen and oxygen atoms in total. The standard InChI is InChI=1S/C15H21ClN2/c16-14-2-1-3-15(10-14)18-9-6-13(11-18)12-4-7-17-8-5-12/h1-3,10,12-13,17H,4-9,11H2. The molecule has 1 atom stereocenters. The Kier molecular flexibility index (Phi) is 3.76. The van der Waals surface area contributed by atoms with Crippen LogP contribution in [-0.2, 0) is 0 Å². The van der Waals surface area contributed by atoms with Gasteiger partial charge in [0.05, 0.1) is 0 Å². The molecule has 1 aromatic rings. The average Bonchev–Trinajstić information content (AvgIpc) is 2.89. The fourth-order valence-corrected chi connectivity index (χ4v) is 3.58. The van der Waals surface area contributed by atoms with Gasteiger partial charge < -0.3 is 10.2 Å². The SMILES string of the molecule is Clc1cccc(N2CCC(C3CCNCC3)C2)c1. The van der Waals surface area contributed by atoms with Crippen molar-refractivity contribution in [1.29, 1.82) is 0 Å². The van der Waals surface area contributed by atoms with Crippen molar-refractivity contribution in [3.05, 3.63) is 29.3 Å². The lowest BCUT2D eigenvalue weighted by molar-refractivity contribution is 0.276. The van der Waals surface area contributed by atoms with Crippen molar-refractivity contribution in [3.63, 3.8) is 0 Å². The summed E-state index contributed by atoms with van der Waals surface area (Å²) in [5.74, 6) is 1.81. The molecule has 0 aliphatic carbocycles. The normalized spacial score (nSPS) is 25.6. The smallest absolute Gasteiger partial charge is 0.0426 e. The van der Waals surface area contributed by atoms with E-state index in [2.05, 4.69) is 28.4 Å². The van der Waals surface area contributed by atoms with Crippen molar-refractivity contribution in [2.45, 2.75) is 19.3 Å². The van der Waals surface area contributed by atoms with E-state index in [1.165, 1.54) is 51.1 Å². The lowest BCUT2D eigenvalue weighted by Crippen LogP contribution is -2.32. The summed E-state index contributed by atoms with van der Waals surface area (Å²) in [4.78, 5) is 2.50. The largest absolute Gasteiger partial charge is 0.371 e. The molecule has 0 radical (unpaired) electrons. The van der Waals surface area contributed by atoms with Crippen LogP contribution >= 0.6 is 11.6 Å². The van der Waals surface area contributed by atoms with E-state index in [0.29, 0.717) is 0 Å². The molecule has 2 aliphatic heterocycles. The van der Waals surface area contributed by atoms with E-state index in [1.54, 1.807) is 0 Å². The number of hydrogen-bond donors (Lipinski definition) is 1. The highest BCUT2D eigenvalue weighted by atomic mass is 35.5. The van der Waals surface area contributed by atoms with Crippen LogP contribution in [0.2, 0.25) is 5.02 Å². The van der Waals surface area contributed by atoms with E-state index in [9.17, 15) is 0 Å². The van der Waals surface area contributed by atoms with Crippen LogP contribution in [0.5, 0.6) is 0 Å². The molecule has 0 spiro atoms. The first-order valence-electron chi connectivity index (χ1n) is 7.04. The van der Waals surface area contributed by atoms with Crippen LogP contribution in [0.25, 0.3) is 0 Å². The molecule has 1 unspecified atom stereocenters. The Morgan fingerprint density at radius 1 is 1.11 bits per heavy atom. The third kappa shape index (κ3) is 2.65. The topological polar surface area (TPSA) is 15.3 Å². The first-order valence-corrected chi connectivity index (χ1v) is 7.42. The molecular formula is C15H21ClN2. The Balaban J connectivity index is 1.64. The molecule has 3 rings (SSSR count). The van der Waals surface area contributed by atoms with Gasteiger partial charge in [0.2, 0.25) is 0 Å². The molecule has 2 aliphatic rings. The quantitative estimate of drug-likeness (QED) is 0.883. The highest BCUT2D eigenvalue weighted by Gasteiger charge is 2.30. The van der Waals surface area contributed by atoms with E-state index in [1.807, 2.05) is 6.07 Å². The van der Waals surface area contributed by atoms with E-state index in [-0.39, 0.29) is 0 Å². The van der Waals surface area contributed by atoms with Crippen LogP contribution in [0.4, 0.5) is 5.69 Å². The maximum Gasteiger partial charge on any atom is 0.0426 e. The van der Waals surface area contributed by atoms with Crippen LogP contribution < -0.4 is 10.2 Å². The Hall–Kier alpha value is -0.730. The van der Waals surface area contributed by atoms with Crippen molar-refractivity contribution >= 4 is 17.3 Å². The number of anilines is 1. The lowest BCUT2D eigenvalue weighted by Gasteiger charge is -2.28. The first kappa shape index (κ1) is 12.3. The fraction of sp³-hybridized carbons (Fsp3) is 0.600. The van der Waals surface area contributed by atoms with Crippen LogP contribution in [-0.4, -0.2) is 26.2 Å². The van der Waals surface area contributed by atoms with Gasteiger partial charge >= 0.3 is 0 Å². The van der Waals surface area contributed by atoms with E-state index in [4.69, 9.17) is 11.6 Å². The highest BCUT2D eigenvalue weighted by Crippen LogP contribution is 2.33. The van der Waals surface area contributed by atoms with Crippen molar-refractivity contribution in [2.75, 3.05) is 31.1 Å². The molecule has 2 fully saturated rings. The third-order valence-electron chi connectivity index (χ3n) is 4.45. The van der Waals surface area contributed by atoms with Gasteiger partial charge in [0.15, 0.2) is 0 Å². The molecule has 98 valence electrons. The van der Waals surface area contributed by atoms with Gasteiger partial charge in [-0.25, -0.2) is 0 Å². The zero-order chi connectivity index (χ0) is 12.4. The molecule has 2 saturated heterocycles. The van der Waals surface area contributed by atoms with Crippen molar-refractivity contribution in [1.82, 2.24) is 5.32 Å². The van der Waals surface area contributed by atoms with Gasteiger partial charge in [0, 0.05) is 23.8 Å². The number of nitrogens with zero attached hydrogens (tertiary/aromatic N) is 1. The van der Waals surface area contributed by atoms with Gasteiger partial charge in [-0.3, -0.25) is 0 Å².